The van der Waals surface area contributed by atoms with Crippen molar-refractivity contribution >= 4 is 17.8 Å². The Kier molecular flexibility index (Phi) is 8.03. The molecule has 2 fully saturated rings. The number of amides is 1. The molecule has 1 atom stereocenters. The van der Waals surface area contributed by atoms with E-state index < -0.39 is 11.9 Å². The highest BCUT2D eigenvalue weighted by Crippen LogP contribution is 2.39. The highest BCUT2D eigenvalue weighted by molar-refractivity contribution is 6.01. The number of piperidine rings is 1. The lowest BCUT2D eigenvalue weighted by atomic mass is 9.82. The van der Waals surface area contributed by atoms with Gasteiger partial charge in [-0.25, -0.2) is 10.3 Å². The summed E-state index contributed by atoms with van der Waals surface area (Å²) in [6, 6.07) is 14.3. The van der Waals surface area contributed by atoms with Crippen LogP contribution in [0.25, 0.3) is 6.08 Å². The number of carbonyl (C=O) groups excluding carboxylic acids is 2. The van der Waals surface area contributed by atoms with Crippen LogP contribution in [0.1, 0.15) is 65.6 Å². The number of hydrogen-bond acceptors (Lipinski definition) is 6. The first-order valence-corrected chi connectivity index (χ1v) is 13.4. The van der Waals surface area contributed by atoms with Crippen LogP contribution in [0, 0.1) is 6.92 Å². The Morgan fingerprint density at radius 3 is 2.73 bits per heavy atom. The zero-order valence-electron chi connectivity index (χ0n) is 21.5. The molecule has 7 heteroatoms. The molecule has 1 spiro atoms. The smallest absolute Gasteiger partial charge is 0.267 e. The monoisotopic (exact) mass is 504 g/mol. The molecule has 196 valence electrons. The van der Waals surface area contributed by atoms with Crippen molar-refractivity contribution in [1.82, 2.24) is 10.4 Å². The number of nitrogens with zero attached hydrogens (tertiary/aromatic N) is 1. The molecule has 5 rings (SSSR count). The average molecular weight is 505 g/mol. The zero-order valence-corrected chi connectivity index (χ0v) is 21.5. The van der Waals surface area contributed by atoms with Gasteiger partial charge in [0.05, 0.1) is 12.0 Å². The number of hydrogen-bond donors (Lipinski definition) is 1. The molecule has 1 unspecified atom stereocenters. The van der Waals surface area contributed by atoms with Gasteiger partial charge < -0.3 is 14.4 Å². The predicted octanol–water partition coefficient (Wildman–Crippen LogP) is 4.63. The van der Waals surface area contributed by atoms with Crippen molar-refractivity contribution in [3.05, 3.63) is 70.8 Å². The molecule has 1 amide bonds. The van der Waals surface area contributed by atoms with Crippen molar-refractivity contribution < 1.29 is 23.9 Å². The standard InChI is InChI=1S/C30H36N2O5/c1-22-5-7-23(8-6-22)13-16-32-17-14-30(15-18-32)21-26(33)25-20-24(9-11-27(25)36-30)10-12-28(34)31-37-29-4-2-3-19-35-29/h5-12,20,29H,2-4,13-19,21H2,1H3,(H,31,34). The molecule has 0 saturated carbocycles. The van der Waals surface area contributed by atoms with Gasteiger partial charge in [-0.1, -0.05) is 35.9 Å². The second-order valence-electron chi connectivity index (χ2n) is 10.4. The van der Waals surface area contributed by atoms with Crippen LogP contribution in [0.2, 0.25) is 0 Å². The molecular formula is C30H36N2O5. The number of hydroxylamine groups is 1. The van der Waals surface area contributed by atoms with Gasteiger partial charge in [0.1, 0.15) is 11.4 Å². The van der Waals surface area contributed by atoms with E-state index in [4.69, 9.17) is 14.3 Å². The summed E-state index contributed by atoms with van der Waals surface area (Å²) in [5, 5.41) is 0. The predicted molar refractivity (Wildman–Crippen MR) is 141 cm³/mol. The van der Waals surface area contributed by atoms with Crippen molar-refractivity contribution in [3.8, 4) is 5.75 Å². The van der Waals surface area contributed by atoms with Crippen LogP contribution in [0.5, 0.6) is 5.75 Å². The Hall–Kier alpha value is -3.00. The van der Waals surface area contributed by atoms with Gasteiger partial charge in [0.15, 0.2) is 12.1 Å². The van der Waals surface area contributed by atoms with Crippen molar-refractivity contribution in [2.24, 2.45) is 0 Å². The van der Waals surface area contributed by atoms with Gasteiger partial charge in [-0.3, -0.25) is 9.59 Å². The number of benzene rings is 2. The number of rotatable bonds is 7. The van der Waals surface area contributed by atoms with Crippen molar-refractivity contribution in [2.75, 3.05) is 26.2 Å². The van der Waals surface area contributed by atoms with E-state index in [-0.39, 0.29) is 11.7 Å². The van der Waals surface area contributed by atoms with Gasteiger partial charge in [-0.05, 0) is 55.5 Å². The molecule has 2 aromatic carbocycles. The Balaban J connectivity index is 1.13. The second-order valence-corrected chi connectivity index (χ2v) is 10.4. The number of ketones is 1. The largest absolute Gasteiger partial charge is 0.486 e. The van der Waals surface area contributed by atoms with Crippen LogP contribution in [0.4, 0.5) is 0 Å². The number of Topliss-reactive ketones (excluding diaryl/α,β-unsaturated/α-hetero) is 1. The summed E-state index contributed by atoms with van der Waals surface area (Å²) in [6.45, 7) is 5.63. The number of fused-ring (bicyclic) bond motifs is 1. The van der Waals surface area contributed by atoms with Crippen LogP contribution in [0.15, 0.2) is 48.5 Å². The number of nitrogens with one attached hydrogen (secondary N) is 1. The fourth-order valence-electron chi connectivity index (χ4n) is 5.25. The first-order chi connectivity index (χ1) is 18.0. The van der Waals surface area contributed by atoms with E-state index in [9.17, 15) is 9.59 Å². The molecule has 2 saturated heterocycles. The molecule has 2 aromatic rings. The maximum atomic E-state index is 13.1. The maximum absolute atomic E-state index is 13.1. The normalized spacial score (nSPS) is 21.5. The third kappa shape index (κ3) is 6.66. The molecule has 0 aliphatic carbocycles. The second kappa shape index (κ2) is 11.6. The minimum atomic E-state index is -0.416. The summed E-state index contributed by atoms with van der Waals surface area (Å²) in [7, 11) is 0. The van der Waals surface area contributed by atoms with Gasteiger partial charge in [-0.15, -0.1) is 0 Å². The van der Waals surface area contributed by atoms with Crippen LogP contribution < -0.4 is 10.2 Å². The first kappa shape index (κ1) is 25.6. The topological polar surface area (TPSA) is 77.1 Å². The van der Waals surface area contributed by atoms with Gasteiger partial charge in [-0.2, -0.15) is 0 Å². The molecule has 0 aromatic heterocycles. The molecule has 37 heavy (non-hydrogen) atoms. The van der Waals surface area contributed by atoms with E-state index in [0.717, 1.165) is 63.7 Å². The van der Waals surface area contributed by atoms with E-state index >= 15 is 0 Å². The van der Waals surface area contributed by atoms with E-state index in [0.29, 0.717) is 24.3 Å². The van der Waals surface area contributed by atoms with E-state index in [2.05, 4.69) is 41.6 Å². The third-order valence-electron chi connectivity index (χ3n) is 7.57. The molecule has 3 aliphatic heterocycles. The lowest BCUT2D eigenvalue weighted by Gasteiger charge is -2.44. The van der Waals surface area contributed by atoms with Crippen LogP contribution in [-0.2, 0) is 20.8 Å². The Morgan fingerprint density at radius 2 is 1.97 bits per heavy atom. The lowest BCUT2D eigenvalue weighted by Crippen LogP contribution is -2.51. The van der Waals surface area contributed by atoms with Gasteiger partial charge in [0.25, 0.3) is 5.91 Å². The molecule has 0 bridgehead atoms. The minimum Gasteiger partial charge on any atom is -0.486 e. The zero-order chi connectivity index (χ0) is 25.7. The summed E-state index contributed by atoms with van der Waals surface area (Å²) < 4.78 is 11.9. The highest BCUT2D eigenvalue weighted by Gasteiger charge is 2.42. The molecular weight excluding hydrogens is 468 g/mol. The SMILES string of the molecule is Cc1ccc(CCN2CCC3(CC2)CC(=O)c2cc(C=CC(=O)NOC4CCCCO4)ccc2O3)cc1. The van der Waals surface area contributed by atoms with Crippen LogP contribution in [-0.4, -0.2) is 54.7 Å². The Bertz CT molecular complexity index is 1130. The summed E-state index contributed by atoms with van der Waals surface area (Å²) in [5.41, 5.74) is 5.99. The van der Waals surface area contributed by atoms with Crippen molar-refractivity contribution in [3.63, 3.8) is 0 Å². The molecule has 0 radical (unpaired) electrons. The molecule has 1 N–H and O–H groups in total. The fraction of sp³-hybridized carbons (Fsp3) is 0.467. The van der Waals surface area contributed by atoms with Gasteiger partial charge in [0.2, 0.25) is 0 Å². The fourth-order valence-corrected chi connectivity index (χ4v) is 5.25. The molecule has 7 nitrogen and oxygen atoms in total. The summed E-state index contributed by atoms with van der Waals surface area (Å²) in [6.07, 6.45) is 8.60. The van der Waals surface area contributed by atoms with Crippen LogP contribution >= 0.6 is 0 Å². The highest BCUT2D eigenvalue weighted by atomic mass is 16.8. The Morgan fingerprint density at radius 1 is 1.16 bits per heavy atom. The first-order valence-electron chi connectivity index (χ1n) is 13.4. The number of ether oxygens (including phenoxy) is 2. The molecule has 3 heterocycles. The lowest BCUT2D eigenvalue weighted by molar-refractivity contribution is -0.198. The van der Waals surface area contributed by atoms with Crippen molar-refractivity contribution in [2.45, 2.75) is 63.8 Å². The van der Waals surface area contributed by atoms with Gasteiger partial charge >= 0.3 is 0 Å². The third-order valence-corrected chi connectivity index (χ3v) is 7.57. The summed E-state index contributed by atoms with van der Waals surface area (Å²) >= 11 is 0. The van der Waals surface area contributed by atoms with E-state index in [1.165, 1.54) is 17.2 Å². The van der Waals surface area contributed by atoms with E-state index in [1.807, 2.05) is 12.1 Å². The molecule has 3 aliphatic rings. The minimum absolute atomic E-state index is 0.104. The number of carbonyl (C=O) groups is 2. The number of likely N-dealkylation sites (tertiary alicyclic amines) is 1. The van der Waals surface area contributed by atoms with Gasteiger partial charge in [0, 0.05) is 51.6 Å². The van der Waals surface area contributed by atoms with Crippen molar-refractivity contribution in [1.29, 1.82) is 0 Å². The van der Waals surface area contributed by atoms with E-state index in [1.54, 1.807) is 12.1 Å². The average Bonchev–Trinajstić information content (AvgIpc) is 2.92. The van der Waals surface area contributed by atoms with Crippen LogP contribution in [0.3, 0.4) is 0 Å². The quantitative estimate of drug-likeness (QED) is 0.438. The summed E-state index contributed by atoms with van der Waals surface area (Å²) in [5.74, 6) is 0.373. The Labute approximate surface area is 218 Å². The summed E-state index contributed by atoms with van der Waals surface area (Å²) in [4.78, 5) is 33.0. The maximum Gasteiger partial charge on any atom is 0.267 e. The number of aryl methyl sites for hydroxylation is 1.